The van der Waals surface area contributed by atoms with Crippen LogP contribution >= 0.6 is 12.4 Å². The van der Waals surface area contributed by atoms with Crippen molar-refractivity contribution in [1.82, 2.24) is 9.78 Å². The zero-order valence-electron chi connectivity index (χ0n) is 7.17. The van der Waals surface area contributed by atoms with Gasteiger partial charge in [-0.05, 0) is 6.07 Å². The first-order valence-electron chi connectivity index (χ1n) is 3.56. The van der Waals surface area contributed by atoms with Gasteiger partial charge in [-0.2, -0.15) is 5.10 Å². The van der Waals surface area contributed by atoms with Crippen LogP contribution in [0.1, 0.15) is 5.69 Å². The Morgan fingerprint density at radius 3 is 2.85 bits per heavy atom. The number of hydrogen-bond donors (Lipinski definition) is 2. The molecule has 0 bridgehead atoms. The van der Waals surface area contributed by atoms with Crippen LogP contribution in [0.5, 0.6) is 0 Å². The largest absolute Gasteiger partial charge is 0.480 e. The second kappa shape index (κ2) is 4.84. The Morgan fingerprint density at radius 2 is 2.46 bits per heavy atom. The number of nitrogens with two attached hydrogens (primary N) is 1. The molecule has 0 saturated heterocycles. The van der Waals surface area contributed by atoms with E-state index in [4.69, 9.17) is 10.8 Å². The van der Waals surface area contributed by atoms with Crippen molar-refractivity contribution in [2.75, 3.05) is 0 Å². The van der Waals surface area contributed by atoms with Gasteiger partial charge >= 0.3 is 5.97 Å². The SMILES string of the molecule is Cl.Cn1nccc1CC(N)C(=O)O. The van der Waals surface area contributed by atoms with E-state index in [-0.39, 0.29) is 12.4 Å². The number of carboxylic acid groups (broad SMARTS) is 1. The van der Waals surface area contributed by atoms with E-state index in [0.717, 1.165) is 5.69 Å². The number of hydrogen-bond acceptors (Lipinski definition) is 3. The lowest BCUT2D eigenvalue weighted by atomic mass is 10.2. The zero-order chi connectivity index (χ0) is 9.14. The highest BCUT2D eigenvalue weighted by molar-refractivity contribution is 5.85. The van der Waals surface area contributed by atoms with Crippen molar-refractivity contribution in [2.24, 2.45) is 12.8 Å². The quantitative estimate of drug-likeness (QED) is 0.716. The van der Waals surface area contributed by atoms with Gasteiger partial charge in [0, 0.05) is 25.4 Å². The zero-order valence-corrected chi connectivity index (χ0v) is 7.99. The van der Waals surface area contributed by atoms with Gasteiger partial charge in [-0.15, -0.1) is 12.4 Å². The van der Waals surface area contributed by atoms with Crippen molar-refractivity contribution in [3.63, 3.8) is 0 Å². The summed E-state index contributed by atoms with van der Waals surface area (Å²) >= 11 is 0. The summed E-state index contributed by atoms with van der Waals surface area (Å²) in [5, 5.41) is 12.4. The van der Waals surface area contributed by atoms with Crippen molar-refractivity contribution >= 4 is 18.4 Å². The summed E-state index contributed by atoms with van der Waals surface area (Å²) in [7, 11) is 1.75. The number of rotatable bonds is 3. The molecule has 1 unspecified atom stereocenters. The molecule has 1 aromatic heterocycles. The second-order valence-corrected chi connectivity index (χ2v) is 2.60. The van der Waals surface area contributed by atoms with E-state index in [0.29, 0.717) is 6.42 Å². The number of carboxylic acids is 1. The van der Waals surface area contributed by atoms with Crippen LogP contribution in [0.4, 0.5) is 0 Å². The molecule has 3 N–H and O–H groups in total. The Labute approximate surface area is 81.9 Å². The summed E-state index contributed by atoms with van der Waals surface area (Å²) < 4.78 is 1.61. The molecule has 0 aliphatic heterocycles. The van der Waals surface area contributed by atoms with E-state index in [1.807, 2.05) is 0 Å². The van der Waals surface area contributed by atoms with E-state index < -0.39 is 12.0 Å². The lowest BCUT2D eigenvalue weighted by Crippen LogP contribution is -2.32. The van der Waals surface area contributed by atoms with Gasteiger partial charge < -0.3 is 10.8 Å². The molecule has 1 heterocycles. The average molecular weight is 206 g/mol. The van der Waals surface area contributed by atoms with Crippen molar-refractivity contribution in [3.8, 4) is 0 Å². The number of aryl methyl sites for hydroxylation is 1. The van der Waals surface area contributed by atoms with Crippen molar-refractivity contribution in [2.45, 2.75) is 12.5 Å². The Morgan fingerprint density at radius 1 is 1.85 bits per heavy atom. The molecule has 0 spiro atoms. The predicted octanol–water partition coefficient (Wildman–Crippen LogP) is -0.204. The molecule has 74 valence electrons. The Kier molecular flexibility index (Phi) is 4.44. The number of halogens is 1. The molecule has 0 radical (unpaired) electrons. The van der Waals surface area contributed by atoms with E-state index >= 15 is 0 Å². The molecular formula is C7H12ClN3O2. The molecule has 0 fully saturated rings. The molecule has 1 atom stereocenters. The topological polar surface area (TPSA) is 81.1 Å². The van der Waals surface area contributed by atoms with E-state index in [2.05, 4.69) is 5.10 Å². The summed E-state index contributed by atoms with van der Waals surface area (Å²) in [5.74, 6) is -0.990. The van der Waals surface area contributed by atoms with Gasteiger partial charge in [0.25, 0.3) is 0 Å². The minimum Gasteiger partial charge on any atom is -0.480 e. The molecule has 1 rings (SSSR count). The third-order valence-corrected chi connectivity index (χ3v) is 1.67. The third kappa shape index (κ3) is 3.04. The number of aromatic nitrogens is 2. The van der Waals surface area contributed by atoms with Crippen LogP contribution in [0.2, 0.25) is 0 Å². The van der Waals surface area contributed by atoms with Gasteiger partial charge in [0.05, 0.1) is 0 Å². The molecule has 5 nitrogen and oxygen atoms in total. The molecular weight excluding hydrogens is 194 g/mol. The average Bonchev–Trinajstić information content (AvgIpc) is 2.36. The van der Waals surface area contributed by atoms with Gasteiger partial charge in [0.1, 0.15) is 6.04 Å². The second-order valence-electron chi connectivity index (χ2n) is 2.60. The monoisotopic (exact) mass is 205 g/mol. The molecule has 0 aromatic carbocycles. The first-order chi connectivity index (χ1) is 5.61. The van der Waals surface area contributed by atoms with Gasteiger partial charge in [-0.3, -0.25) is 9.48 Å². The van der Waals surface area contributed by atoms with Crippen LogP contribution in [0.3, 0.4) is 0 Å². The highest BCUT2D eigenvalue weighted by Gasteiger charge is 2.13. The maximum Gasteiger partial charge on any atom is 0.320 e. The number of nitrogens with zero attached hydrogens (tertiary/aromatic N) is 2. The standard InChI is InChI=1S/C7H11N3O2.ClH/c1-10-5(2-3-9-10)4-6(8)7(11)12;/h2-3,6H,4,8H2,1H3,(H,11,12);1H. The van der Waals surface area contributed by atoms with Crippen molar-refractivity contribution in [3.05, 3.63) is 18.0 Å². The minimum atomic E-state index is -0.990. The van der Waals surface area contributed by atoms with Crippen LogP contribution in [0, 0.1) is 0 Å². The van der Waals surface area contributed by atoms with E-state index in [1.54, 1.807) is 24.0 Å². The molecule has 1 aromatic rings. The Hall–Kier alpha value is -1.07. The summed E-state index contributed by atoms with van der Waals surface area (Å²) in [6.45, 7) is 0. The lowest BCUT2D eigenvalue weighted by Gasteiger charge is -2.05. The molecule has 0 amide bonds. The van der Waals surface area contributed by atoms with Gasteiger partial charge in [-0.25, -0.2) is 0 Å². The number of carbonyl (C=O) groups is 1. The highest BCUT2D eigenvalue weighted by atomic mass is 35.5. The first-order valence-corrected chi connectivity index (χ1v) is 3.56. The summed E-state index contributed by atoms with van der Waals surface area (Å²) in [6.07, 6.45) is 1.93. The van der Waals surface area contributed by atoms with E-state index in [9.17, 15) is 4.79 Å². The van der Waals surface area contributed by atoms with Crippen LogP contribution < -0.4 is 5.73 Å². The van der Waals surface area contributed by atoms with Crippen LogP contribution in [0.25, 0.3) is 0 Å². The lowest BCUT2D eigenvalue weighted by molar-refractivity contribution is -0.138. The van der Waals surface area contributed by atoms with Gasteiger partial charge in [0.2, 0.25) is 0 Å². The number of aliphatic carboxylic acids is 1. The molecule has 6 heteroatoms. The summed E-state index contributed by atoms with van der Waals surface area (Å²) in [6, 6.07) is 0.906. The highest BCUT2D eigenvalue weighted by Crippen LogP contribution is 1.99. The normalized spacial score (nSPS) is 11.8. The molecule has 0 saturated carbocycles. The van der Waals surface area contributed by atoms with E-state index in [1.165, 1.54) is 0 Å². The smallest absolute Gasteiger partial charge is 0.320 e. The maximum atomic E-state index is 10.4. The maximum absolute atomic E-state index is 10.4. The van der Waals surface area contributed by atoms with Crippen molar-refractivity contribution < 1.29 is 9.90 Å². The Balaban J connectivity index is 0.00000144. The molecule has 0 aliphatic rings. The van der Waals surface area contributed by atoms with Gasteiger partial charge in [0.15, 0.2) is 0 Å². The van der Waals surface area contributed by atoms with Gasteiger partial charge in [-0.1, -0.05) is 0 Å². The summed E-state index contributed by atoms with van der Waals surface area (Å²) in [5.41, 5.74) is 6.16. The molecule has 13 heavy (non-hydrogen) atoms. The fourth-order valence-corrected chi connectivity index (χ4v) is 0.914. The minimum absolute atomic E-state index is 0. The first kappa shape index (κ1) is 11.9. The Bertz CT molecular complexity index is 287. The van der Waals surface area contributed by atoms with Crippen LogP contribution in [-0.4, -0.2) is 26.9 Å². The van der Waals surface area contributed by atoms with Crippen LogP contribution in [0.15, 0.2) is 12.3 Å². The predicted molar refractivity (Wildman–Crippen MR) is 49.8 cm³/mol. The van der Waals surface area contributed by atoms with Crippen molar-refractivity contribution in [1.29, 1.82) is 0 Å². The summed E-state index contributed by atoms with van der Waals surface area (Å²) in [4.78, 5) is 10.4. The fraction of sp³-hybridized carbons (Fsp3) is 0.429. The third-order valence-electron chi connectivity index (χ3n) is 1.67. The molecule has 0 aliphatic carbocycles. The fourth-order valence-electron chi connectivity index (χ4n) is 0.914. The van der Waals surface area contributed by atoms with Crippen LogP contribution in [-0.2, 0) is 18.3 Å².